The lowest BCUT2D eigenvalue weighted by atomic mass is 9.59. The van der Waals surface area contributed by atoms with Gasteiger partial charge in [-0.1, -0.05) is 167 Å². The maximum atomic E-state index is 6.65. The third-order valence-corrected chi connectivity index (χ3v) is 16.4. The highest BCUT2D eigenvalue weighted by Crippen LogP contribution is 2.53. The normalized spacial score (nSPS) is 13.6. The van der Waals surface area contributed by atoms with Crippen LogP contribution in [0.2, 0.25) is 0 Å². The molecule has 9 aromatic carbocycles. The molecule has 14 rings (SSSR count). The third-order valence-electron chi connectivity index (χ3n) is 15.2. The number of rotatable bonds is 5. The molecule has 1 aliphatic heterocycles. The van der Waals surface area contributed by atoms with Crippen LogP contribution >= 0.6 is 11.3 Å². The summed E-state index contributed by atoms with van der Waals surface area (Å²) in [5.74, 6) is 0. The number of benzene rings is 9. The number of aromatic nitrogens is 1. The lowest BCUT2D eigenvalue weighted by molar-refractivity contribution is 0.590. The first-order valence-corrected chi connectivity index (χ1v) is 24.7. The van der Waals surface area contributed by atoms with Gasteiger partial charge in [-0.3, -0.25) is 0 Å². The van der Waals surface area contributed by atoms with Crippen LogP contribution in [0.4, 0.5) is 11.4 Å². The van der Waals surface area contributed by atoms with Crippen molar-refractivity contribution in [1.29, 1.82) is 0 Å². The molecule has 0 spiro atoms. The summed E-state index contributed by atoms with van der Waals surface area (Å²) >= 11 is 1.91. The van der Waals surface area contributed by atoms with E-state index in [1.165, 1.54) is 103 Å². The molecule has 3 aromatic heterocycles. The van der Waals surface area contributed by atoms with Crippen molar-refractivity contribution in [2.24, 2.45) is 0 Å². The number of para-hydroxylation sites is 1. The molecule has 12 aromatic rings. The molecule has 1 N–H and O–H groups in total. The van der Waals surface area contributed by atoms with E-state index < -0.39 is 0 Å². The zero-order chi connectivity index (χ0) is 45.6. The largest absolute Gasteiger partial charge is 0.456 e. The number of thiophene rings is 1. The fraction of sp³-hybridized carbons (Fsp3) is 0.111. The molecule has 0 radical (unpaired) electrons. The Morgan fingerprint density at radius 1 is 0.559 bits per heavy atom. The van der Waals surface area contributed by atoms with Crippen LogP contribution in [0, 0.1) is 0 Å². The standard InChI is InChI=1S/C63H47BN2OS/c1-62(2,3)38-24-26-39(27-25-38)65-52-33-50-44(40-20-12-14-22-49(40)63(50,4)5)30-45(52)42-28-29-43-46-31-47-41-21-13-15-23-55(41)67-56(47)35-53(46)66-54-32-48-57(34-51(54)64-59(42)60(43)66)68-61(37-18-10-7-11-19-37)58(48)36-16-8-6-9-17-36/h6-35,64-65H,1-5H3. The van der Waals surface area contributed by atoms with Crippen molar-refractivity contribution in [2.45, 2.75) is 45.4 Å². The second kappa shape index (κ2) is 14.2. The Morgan fingerprint density at radius 3 is 2.09 bits per heavy atom. The Balaban J connectivity index is 1.06. The molecule has 1 aliphatic carbocycles. The number of fused-ring (bicyclic) bond motifs is 12. The summed E-state index contributed by atoms with van der Waals surface area (Å²) in [7, 11) is 0.797. The van der Waals surface area contributed by atoms with Gasteiger partial charge in [0, 0.05) is 81.7 Å². The molecule has 324 valence electrons. The topological polar surface area (TPSA) is 30.1 Å². The van der Waals surface area contributed by atoms with Gasteiger partial charge < -0.3 is 14.3 Å². The van der Waals surface area contributed by atoms with Gasteiger partial charge in [0.15, 0.2) is 7.28 Å². The maximum Gasteiger partial charge on any atom is 0.198 e. The fourth-order valence-electron chi connectivity index (χ4n) is 11.8. The van der Waals surface area contributed by atoms with E-state index in [1.807, 2.05) is 11.3 Å². The molecular weight excluding hydrogens is 844 g/mol. The summed E-state index contributed by atoms with van der Waals surface area (Å²) in [4.78, 5) is 1.30. The van der Waals surface area contributed by atoms with Gasteiger partial charge in [0.05, 0.1) is 5.52 Å². The Hall–Kier alpha value is -7.60. The molecule has 0 amide bonds. The van der Waals surface area contributed by atoms with Crippen LogP contribution in [0.1, 0.15) is 51.3 Å². The summed E-state index contributed by atoms with van der Waals surface area (Å²) in [5, 5.41) is 10.1. The summed E-state index contributed by atoms with van der Waals surface area (Å²) in [6.45, 7) is 11.6. The van der Waals surface area contributed by atoms with Gasteiger partial charge in [0.25, 0.3) is 0 Å². The molecule has 68 heavy (non-hydrogen) atoms. The van der Waals surface area contributed by atoms with Gasteiger partial charge in [-0.2, -0.15) is 0 Å². The molecule has 3 nitrogen and oxygen atoms in total. The van der Waals surface area contributed by atoms with Crippen molar-refractivity contribution in [3.63, 3.8) is 0 Å². The Labute approximate surface area is 400 Å². The fourth-order valence-corrected chi connectivity index (χ4v) is 13.0. The molecule has 0 bridgehead atoms. The number of hydrogen-bond acceptors (Lipinski definition) is 3. The average Bonchev–Trinajstić information content (AvgIpc) is 4.07. The predicted molar refractivity (Wildman–Crippen MR) is 292 cm³/mol. The summed E-state index contributed by atoms with van der Waals surface area (Å²) in [5.41, 5.74) is 23.2. The van der Waals surface area contributed by atoms with Crippen molar-refractivity contribution in [1.82, 2.24) is 4.57 Å². The van der Waals surface area contributed by atoms with Crippen LogP contribution in [0.15, 0.2) is 186 Å². The van der Waals surface area contributed by atoms with Crippen molar-refractivity contribution in [3.8, 4) is 49.5 Å². The van der Waals surface area contributed by atoms with Crippen LogP contribution in [-0.4, -0.2) is 11.8 Å². The minimum Gasteiger partial charge on any atom is -0.456 e. The van der Waals surface area contributed by atoms with Crippen LogP contribution in [0.5, 0.6) is 0 Å². The first-order valence-electron chi connectivity index (χ1n) is 23.9. The van der Waals surface area contributed by atoms with Crippen LogP contribution in [-0.2, 0) is 10.8 Å². The third kappa shape index (κ3) is 5.72. The molecule has 4 heterocycles. The number of anilines is 2. The zero-order valence-electron chi connectivity index (χ0n) is 38.8. The van der Waals surface area contributed by atoms with Crippen LogP contribution in [0.25, 0.3) is 103 Å². The van der Waals surface area contributed by atoms with Crippen molar-refractivity contribution in [3.05, 3.63) is 199 Å². The van der Waals surface area contributed by atoms with Gasteiger partial charge in [0.2, 0.25) is 0 Å². The second-order valence-electron chi connectivity index (χ2n) is 20.5. The van der Waals surface area contributed by atoms with Crippen LogP contribution in [0.3, 0.4) is 0 Å². The molecule has 2 aliphatic rings. The van der Waals surface area contributed by atoms with Gasteiger partial charge in [-0.05, 0) is 104 Å². The van der Waals surface area contributed by atoms with E-state index >= 15 is 0 Å². The highest BCUT2D eigenvalue weighted by molar-refractivity contribution is 7.23. The monoisotopic (exact) mass is 890 g/mol. The molecule has 0 saturated heterocycles. The van der Waals surface area contributed by atoms with E-state index in [2.05, 4.69) is 226 Å². The predicted octanol–water partition coefficient (Wildman–Crippen LogP) is 15.9. The van der Waals surface area contributed by atoms with Gasteiger partial charge in [0.1, 0.15) is 11.2 Å². The minimum absolute atomic E-state index is 0.0659. The lowest BCUT2D eigenvalue weighted by Gasteiger charge is -2.26. The number of nitrogens with one attached hydrogen (secondary N) is 1. The van der Waals surface area contributed by atoms with E-state index in [0.717, 1.165) is 46.1 Å². The minimum atomic E-state index is -0.148. The highest BCUT2D eigenvalue weighted by atomic mass is 32.1. The molecule has 0 atom stereocenters. The average molecular weight is 891 g/mol. The first kappa shape index (κ1) is 39.6. The smallest absolute Gasteiger partial charge is 0.198 e. The van der Waals surface area contributed by atoms with E-state index in [0.29, 0.717) is 0 Å². The van der Waals surface area contributed by atoms with Gasteiger partial charge in [-0.15, -0.1) is 11.3 Å². The Bertz CT molecular complexity index is 4070. The molecular formula is C63H47BN2OS. The number of nitrogens with zero attached hydrogens (tertiary/aromatic N) is 1. The highest BCUT2D eigenvalue weighted by Gasteiger charge is 2.37. The molecule has 0 saturated carbocycles. The maximum absolute atomic E-state index is 6.65. The van der Waals surface area contributed by atoms with E-state index in [1.54, 1.807) is 0 Å². The Kier molecular flexibility index (Phi) is 8.27. The van der Waals surface area contributed by atoms with E-state index in [4.69, 9.17) is 4.42 Å². The molecule has 0 fully saturated rings. The zero-order valence-corrected chi connectivity index (χ0v) is 39.6. The van der Waals surface area contributed by atoms with Gasteiger partial charge >= 0.3 is 0 Å². The Morgan fingerprint density at radius 2 is 1.29 bits per heavy atom. The van der Waals surface area contributed by atoms with Crippen molar-refractivity contribution in [2.75, 3.05) is 5.32 Å². The van der Waals surface area contributed by atoms with E-state index in [-0.39, 0.29) is 10.8 Å². The molecule has 0 unspecified atom stereocenters. The summed E-state index contributed by atoms with van der Waals surface area (Å²) < 4.78 is 10.5. The van der Waals surface area contributed by atoms with Crippen molar-refractivity contribution < 1.29 is 4.42 Å². The quantitative estimate of drug-likeness (QED) is 0.175. The lowest BCUT2D eigenvalue weighted by Crippen LogP contribution is -2.37. The summed E-state index contributed by atoms with van der Waals surface area (Å²) in [6.07, 6.45) is 0. The number of furan rings is 1. The van der Waals surface area contributed by atoms with Crippen LogP contribution < -0.4 is 16.2 Å². The SMILES string of the molecule is CC(C)(C)c1ccc(Nc2cc3c(cc2-c2ccc4c5cc6c(cc5n5c4c2Bc2cc4sc(-c7ccccc7)c(-c7ccccc7)c4cc2-5)oc2ccccc26)-c2ccccc2C3(C)C)cc1. The van der Waals surface area contributed by atoms with Crippen molar-refractivity contribution >= 4 is 94.7 Å². The van der Waals surface area contributed by atoms with Gasteiger partial charge in [-0.25, -0.2) is 0 Å². The number of hydrogen-bond donors (Lipinski definition) is 1. The molecule has 5 heteroatoms. The van der Waals surface area contributed by atoms with E-state index in [9.17, 15) is 0 Å². The first-order chi connectivity index (χ1) is 33.1. The second-order valence-corrected chi connectivity index (χ2v) is 21.6. The summed E-state index contributed by atoms with van der Waals surface area (Å²) in [6, 6.07) is 67.8.